The number of benzene rings is 1. The maximum atomic E-state index is 11.6. The van der Waals surface area contributed by atoms with Crippen LogP contribution in [-0.2, 0) is 11.3 Å². The summed E-state index contributed by atoms with van der Waals surface area (Å²) in [5, 5.41) is 0. The Morgan fingerprint density at radius 1 is 1.42 bits per heavy atom. The van der Waals surface area contributed by atoms with Crippen molar-refractivity contribution < 1.29 is 9.63 Å². The molecule has 0 saturated heterocycles. The van der Waals surface area contributed by atoms with Crippen molar-refractivity contribution in [2.75, 3.05) is 0 Å². The first-order valence-electron chi connectivity index (χ1n) is 6.95. The van der Waals surface area contributed by atoms with E-state index in [1.54, 1.807) is 0 Å². The molecular formula is C15H22N2O2. The van der Waals surface area contributed by atoms with Crippen molar-refractivity contribution in [3.63, 3.8) is 0 Å². The van der Waals surface area contributed by atoms with Gasteiger partial charge in [0, 0.05) is 6.04 Å². The van der Waals surface area contributed by atoms with Gasteiger partial charge in [-0.15, -0.1) is 0 Å². The van der Waals surface area contributed by atoms with Crippen molar-refractivity contribution in [3.8, 4) is 0 Å². The largest absolute Gasteiger partial charge is 0.370 e. The lowest BCUT2D eigenvalue weighted by Gasteiger charge is -2.27. The van der Waals surface area contributed by atoms with Gasteiger partial charge < -0.3 is 10.6 Å². The second-order valence-corrected chi connectivity index (χ2v) is 5.30. The third kappa shape index (κ3) is 3.14. The Balaban J connectivity index is 2.25. The minimum atomic E-state index is -0.469. The molecule has 2 unspecified atom stereocenters. The fourth-order valence-electron chi connectivity index (χ4n) is 2.95. The highest BCUT2D eigenvalue weighted by Gasteiger charge is 2.22. The maximum absolute atomic E-state index is 11.6. The van der Waals surface area contributed by atoms with E-state index in [-0.39, 0.29) is 0 Å². The molecule has 1 saturated carbocycles. The topological polar surface area (TPSA) is 78.3 Å². The van der Waals surface area contributed by atoms with Gasteiger partial charge in [-0.1, -0.05) is 25.5 Å². The predicted octanol–water partition coefficient (Wildman–Crippen LogP) is 2.26. The lowest BCUT2D eigenvalue weighted by Crippen LogP contribution is -2.27. The monoisotopic (exact) mass is 262 g/mol. The first kappa shape index (κ1) is 14.0. The molecule has 0 aromatic heterocycles. The number of rotatable bonds is 3. The predicted molar refractivity (Wildman–Crippen MR) is 74.6 cm³/mol. The molecule has 4 heteroatoms. The Labute approximate surface area is 114 Å². The first-order valence-corrected chi connectivity index (χ1v) is 6.95. The number of nitrogens with two attached hydrogens (primary N) is 2. The Bertz CT molecular complexity index is 459. The van der Waals surface area contributed by atoms with Gasteiger partial charge in [0.25, 0.3) is 0 Å². The molecule has 0 spiro atoms. The van der Waals surface area contributed by atoms with Crippen LogP contribution in [0.3, 0.4) is 0 Å². The van der Waals surface area contributed by atoms with Gasteiger partial charge in [-0.25, -0.2) is 4.79 Å². The Hall–Kier alpha value is -1.39. The van der Waals surface area contributed by atoms with Gasteiger partial charge in [-0.3, -0.25) is 0 Å². The summed E-state index contributed by atoms with van der Waals surface area (Å²) in [4.78, 5) is 15.9. The summed E-state index contributed by atoms with van der Waals surface area (Å²) >= 11 is 0. The Morgan fingerprint density at radius 3 is 2.84 bits per heavy atom. The van der Waals surface area contributed by atoms with Crippen LogP contribution in [-0.4, -0.2) is 12.0 Å². The molecule has 1 aromatic carbocycles. The van der Waals surface area contributed by atoms with Gasteiger partial charge in [0.1, 0.15) is 0 Å². The van der Waals surface area contributed by atoms with Gasteiger partial charge in [0.2, 0.25) is 0 Å². The van der Waals surface area contributed by atoms with Crippen molar-refractivity contribution in [1.29, 1.82) is 0 Å². The van der Waals surface area contributed by atoms with Crippen LogP contribution in [0.25, 0.3) is 0 Å². The van der Waals surface area contributed by atoms with Gasteiger partial charge >= 0.3 is 5.97 Å². The van der Waals surface area contributed by atoms with E-state index in [4.69, 9.17) is 11.6 Å². The van der Waals surface area contributed by atoms with E-state index in [2.05, 4.69) is 10.9 Å². The van der Waals surface area contributed by atoms with Crippen LogP contribution in [0.1, 0.15) is 60.0 Å². The molecule has 19 heavy (non-hydrogen) atoms. The number of carbonyl (C=O) groups excluding carboxylic acids is 1. The maximum Gasteiger partial charge on any atom is 0.356 e. The van der Waals surface area contributed by atoms with Gasteiger partial charge in [-0.05, 0) is 48.8 Å². The van der Waals surface area contributed by atoms with Crippen LogP contribution in [0.4, 0.5) is 0 Å². The first-order chi connectivity index (χ1) is 9.15. The van der Waals surface area contributed by atoms with Crippen LogP contribution < -0.4 is 11.6 Å². The molecule has 1 aliphatic rings. The lowest BCUT2D eigenvalue weighted by atomic mass is 9.81. The highest BCUT2D eigenvalue weighted by Crippen LogP contribution is 2.33. The van der Waals surface area contributed by atoms with Gasteiger partial charge in [0.05, 0.1) is 5.56 Å². The molecule has 2 atom stereocenters. The average Bonchev–Trinajstić information content (AvgIpc) is 2.45. The number of aryl methyl sites for hydroxylation is 1. The van der Waals surface area contributed by atoms with E-state index >= 15 is 0 Å². The second kappa shape index (κ2) is 6.17. The summed E-state index contributed by atoms with van der Waals surface area (Å²) in [6.07, 6.45) is 5.30. The molecular weight excluding hydrogens is 240 g/mol. The molecule has 0 radical (unpaired) electrons. The zero-order valence-electron chi connectivity index (χ0n) is 11.4. The fourth-order valence-corrected chi connectivity index (χ4v) is 2.95. The summed E-state index contributed by atoms with van der Waals surface area (Å²) in [5.41, 5.74) is 8.88. The third-order valence-corrected chi connectivity index (χ3v) is 4.02. The number of hydrogen-bond acceptors (Lipinski definition) is 4. The smallest absolute Gasteiger partial charge is 0.356 e. The molecule has 104 valence electrons. The Morgan fingerprint density at radius 2 is 2.21 bits per heavy atom. The molecule has 1 fully saturated rings. The van der Waals surface area contributed by atoms with Gasteiger partial charge in [-0.2, -0.15) is 5.90 Å². The highest BCUT2D eigenvalue weighted by atomic mass is 16.7. The van der Waals surface area contributed by atoms with E-state index in [9.17, 15) is 4.79 Å². The van der Waals surface area contributed by atoms with Crippen molar-refractivity contribution in [3.05, 3.63) is 34.9 Å². The fraction of sp³-hybridized carbons (Fsp3) is 0.533. The van der Waals surface area contributed by atoms with Crippen LogP contribution >= 0.6 is 0 Å². The normalized spacial score (nSPS) is 23.1. The van der Waals surface area contributed by atoms with Crippen molar-refractivity contribution >= 4 is 5.97 Å². The molecule has 0 bridgehead atoms. The summed E-state index contributed by atoms with van der Waals surface area (Å²) in [5.74, 6) is 5.00. The average molecular weight is 262 g/mol. The van der Waals surface area contributed by atoms with E-state index in [1.807, 2.05) is 19.1 Å². The molecule has 1 aromatic rings. The summed E-state index contributed by atoms with van der Waals surface area (Å²) < 4.78 is 0. The van der Waals surface area contributed by atoms with Crippen LogP contribution in [0, 0.1) is 0 Å². The van der Waals surface area contributed by atoms with E-state index in [1.165, 1.54) is 18.4 Å². The zero-order chi connectivity index (χ0) is 13.8. The quantitative estimate of drug-likeness (QED) is 0.819. The van der Waals surface area contributed by atoms with E-state index in [0.717, 1.165) is 24.8 Å². The third-order valence-electron chi connectivity index (χ3n) is 4.02. The molecule has 1 aliphatic carbocycles. The van der Waals surface area contributed by atoms with Crippen LogP contribution in [0.2, 0.25) is 0 Å². The van der Waals surface area contributed by atoms with Crippen molar-refractivity contribution in [1.82, 2.24) is 0 Å². The Kier molecular flexibility index (Phi) is 4.56. The van der Waals surface area contributed by atoms with Gasteiger partial charge in [0.15, 0.2) is 0 Å². The van der Waals surface area contributed by atoms with Crippen LogP contribution in [0.15, 0.2) is 18.2 Å². The minimum Gasteiger partial charge on any atom is -0.370 e. The molecule has 0 heterocycles. The summed E-state index contributed by atoms with van der Waals surface area (Å²) in [7, 11) is 0. The molecule has 4 nitrogen and oxygen atoms in total. The molecule has 4 N–H and O–H groups in total. The number of carbonyl (C=O) groups is 1. The van der Waals surface area contributed by atoms with Crippen LogP contribution in [0.5, 0.6) is 0 Å². The highest BCUT2D eigenvalue weighted by molar-refractivity contribution is 5.91. The number of hydrogen-bond donors (Lipinski definition) is 2. The standard InChI is InChI=1S/C15H22N2O2/c1-2-10-8-12(6-7-14(10)15(18)19-17)11-4-3-5-13(16)9-11/h6-8,11,13H,2-5,9,16-17H2,1H3. The SMILES string of the molecule is CCc1cc(C2CCCC(N)C2)ccc1C(=O)ON. The molecule has 2 rings (SSSR count). The lowest BCUT2D eigenvalue weighted by molar-refractivity contribution is 0.0502. The van der Waals surface area contributed by atoms with Crippen molar-refractivity contribution in [2.24, 2.45) is 11.6 Å². The summed E-state index contributed by atoms with van der Waals surface area (Å²) in [6, 6.07) is 6.24. The second-order valence-electron chi connectivity index (χ2n) is 5.30. The summed E-state index contributed by atoms with van der Waals surface area (Å²) in [6.45, 7) is 2.03. The zero-order valence-corrected chi connectivity index (χ0v) is 11.4. The van der Waals surface area contributed by atoms with E-state index < -0.39 is 5.97 Å². The molecule has 0 aliphatic heterocycles. The minimum absolute atomic E-state index is 0.303. The van der Waals surface area contributed by atoms with E-state index in [0.29, 0.717) is 17.5 Å². The molecule has 0 amide bonds. The van der Waals surface area contributed by atoms with Crippen molar-refractivity contribution in [2.45, 2.75) is 51.0 Å².